The molecule has 0 saturated heterocycles. The summed E-state index contributed by atoms with van der Waals surface area (Å²) in [7, 11) is -0.815. The first kappa shape index (κ1) is 21.8. The van der Waals surface area contributed by atoms with Crippen LogP contribution in [0.1, 0.15) is 21.6 Å². The van der Waals surface area contributed by atoms with Gasteiger partial charge in [-0.3, -0.25) is 0 Å². The van der Waals surface area contributed by atoms with E-state index in [2.05, 4.69) is 4.98 Å². The van der Waals surface area contributed by atoms with Gasteiger partial charge in [-0.1, -0.05) is 12.1 Å². The zero-order valence-corrected chi connectivity index (χ0v) is 18.2. The normalized spacial score (nSPS) is 11.2. The molecule has 0 aliphatic rings. The van der Waals surface area contributed by atoms with E-state index in [0.717, 1.165) is 5.56 Å². The molecule has 3 aromatic rings. The third kappa shape index (κ3) is 4.61. The fraction of sp³-hybridized carbons (Fsp3) is 0.200. The Morgan fingerprint density at radius 2 is 1.93 bits per heavy atom. The Morgan fingerprint density at radius 1 is 1.17 bits per heavy atom. The second-order valence-corrected chi connectivity index (χ2v) is 8.70. The van der Waals surface area contributed by atoms with Crippen molar-refractivity contribution in [3.05, 3.63) is 58.6 Å². The highest BCUT2D eigenvalue weighted by atomic mass is 32.2. The summed E-state index contributed by atoms with van der Waals surface area (Å²) in [5.74, 6) is 0.489. The zero-order chi connectivity index (χ0) is 21.9. The molecule has 158 valence electrons. The van der Waals surface area contributed by atoms with Crippen LogP contribution in [0.4, 0.5) is 0 Å². The van der Waals surface area contributed by atoms with E-state index in [9.17, 15) is 13.2 Å². The molecule has 0 saturated carbocycles. The van der Waals surface area contributed by atoms with Gasteiger partial charge >= 0.3 is 5.97 Å². The molecule has 0 fully saturated rings. The molecular weight excluding hydrogens is 428 g/mol. The second-order valence-electron chi connectivity index (χ2n) is 6.28. The fourth-order valence-corrected chi connectivity index (χ4v) is 4.13. The number of benzene rings is 2. The van der Waals surface area contributed by atoms with Crippen LogP contribution in [0, 0.1) is 6.92 Å². The van der Waals surface area contributed by atoms with E-state index in [0.29, 0.717) is 27.8 Å². The van der Waals surface area contributed by atoms with Gasteiger partial charge in [0, 0.05) is 5.38 Å². The number of rotatable bonds is 7. The quantitative estimate of drug-likeness (QED) is 0.552. The monoisotopic (exact) mass is 448 g/mol. The number of thiazole rings is 1. The number of aryl methyl sites for hydroxylation is 1. The predicted molar refractivity (Wildman–Crippen MR) is 112 cm³/mol. The van der Waals surface area contributed by atoms with Gasteiger partial charge in [-0.25, -0.2) is 23.3 Å². The van der Waals surface area contributed by atoms with Gasteiger partial charge in [0.05, 0.1) is 35.9 Å². The average molecular weight is 449 g/mol. The van der Waals surface area contributed by atoms with Crippen LogP contribution < -0.4 is 14.6 Å². The maximum Gasteiger partial charge on any atom is 0.338 e. The Morgan fingerprint density at radius 3 is 2.60 bits per heavy atom. The fourth-order valence-electron chi connectivity index (χ4n) is 2.77. The zero-order valence-electron chi connectivity index (χ0n) is 16.5. The van der Waals surface area contributed by atoms with E-state index < -0.39 is 16.0 Å². The van der Waals surface area contributed by atoms with E-state index in [1.165, 1.54) is 29.5 Å². The first-order valence-corrected chi connectivity index (χ1v) is 11.1. The average Bonchev–Trinajstić information content (AvgIpc) is 3.19. The first-order valence-electron chi connectivity index (χ1n) is 8.71. The molecule has 10 heteroatoms. The van der Waals surface area contributed by atoms with E-state index in [-0.39, 0.29) is 17.1 Å². The molecule has 2 aromatic carbocycles. The molecule has 0 bridgehead atoms. The Balaban J connectivity index is 1.78. The van der Waals surface area contributed by atoms with Crippen LogP contribution in [-0.2, 0) is 21.4 Å². The number of sulfonamides is 1. The van der Waals surface area contributed by atoms with Gasteiger partial charge in [-0.05, 0) is 36.8 Å². The van der Waals surface area contributed by atoms with Gasteiger partial charge in [-0.15, -0.1) is 11.3 Å². The Labute approximate surface area is 178 Å². The summed E-state index contributed by atoms with van der Waals surface area (Å²) in [6.45, 7) is 1.61. The topological polar surface area (TPSA) is 118 Å². The Kier molecular flexibility index (Phi) is 6.40. The van der Waals surface area contributed by atoms with Crippen molar-refractivity contribution in [2.24, 2.45) is 5.14 Å². The highest BCUT2D eigenvalue weighted by molar-refractivity contribution is 7.89. The SMILES string of the molecule is COc1cccc(-c2nc(COC(=O)c3cc(S(N)(=O)=O)ccc3C)cs2)c1OC. The molecule has 30 heavy (non-hydrogen) atoms. The standard InChI is InChI=1S/C20H20N2O6S2/c1-12-7-8-14(30(21,24)25)9-16(12)20(23)28-10-13-11-29-19(22-13)15-5-4-6-17(26-2)18(15)27-3/h4-9,11H,10H2,1-3H3,(H2,21,24,25). The lowest BCUT2D eigenvalue weighted by atomic mass is 10.1. The van der Waals surface area contributed by atoms with Crippen molar-refractivity contribution >= 4 is 27.3 Å². The van der Waals surface area contributed by atoms with Crippen molar-refractivity contribution in [2.75, 3.05) is 14.2 Å². The van der Waals surface area contributed by atoms with Crippen LogP contribution in [0.5, 0.6) is 11.5 Å². The van der Waals surface area contributed by atoms with E-state index in [1.807, 2.05) is 12.1 Å². The number of nitrogens with two attached hydrogens (primary N) is 1. The summed E-state index contributed by atoms with van der Waals surface area (Å²) in [5.41, 5.74) is 2.02. The maximum atomic E-state index is 12.5. The summed E-state index contributed by atoms with van der Waals surface area (Å²) in [6.07, 6.45) is 0. The second kappa shape index (κ2) is 8.82. The van der Waals surface area contributed by atoms with E-state index in [1.54, 1.807) is 32.6 Å². The predicted octanol–water partition coefficient (Wildman–Crippen LogP) is 3.14. The minimum Gasteiger partial charge on any atom is -0.493 e. The number of primary sulfonamides is 1. The number of methoxy groups -OCH3 is 2. The highest BCUT2D eigenvalue weighted by Gasteiger charge is 2.18. The largest absolute Gasteiger partial charge is 0.493 e. The number of hydrogen-bond acceptors (Lipinski definition) is 8. The lowest BCUT2D eigenvalue weighted by molar-refractivity contribution is 0.0467. The van der Waals surface area contributed by atoms with Crippen LogP contribution in [-0.4, -0.2) is 33.6 Å². The Bertz CT molecular complexity index is 1190. The van der Waals surface area contributed by atoms with Crippen molar-refractivity contribution in [2.45, 2.75) is 18.4 Å². The number of nitrogens with zero attached hydrogens (tertiary/aromatic N) is 1. The van der Waals surface area contributed by atoms with Gasteiger partial charge < -0.3 is 14.2 Å². The molecule has 3 rings (SSSR count). The molecule has 8 nitrogen and oxygen atoms in total. The smallest absolute Gasteiger partial charge is 0.338 e. The maximum absolute atomic E-state index is 12.5. The molecule has 1 heterocycles. The molecule has 0 spiro atoms. The Hall–Kier alpha value is -2.95. The number of esters is 1. The number of carbonyl (C=O) groups is 1. The third-order valence-corrected chi connectivity index (χ3v) is 6.13. The van der Waals surface area contributed by atoms with Crippen LogP contribution in [0.2, 0.25) is 0 Å². The lowest BCUT2D eigenvalue weighted by Gasteiger charge is -2.10. The third-order valence-electron chi connectivity index (χ3n) is 4.29. The van der Waals surface area contributed by atoms with Gasteiger partial charge in [0.2, 0.25) is 10.0 Å². The minimum absolute atomic E-state index is 0.0688. The van der Waals surface area contributed by atoms with Gasteiger partial charge in [0.25, 0.3) is 0 Å². The summed E-state index contributed by atoms with van der Waals surface area (Å²) in [4.78, 5) is 16.8. The number of hydrogen-bond donors (Lipinski definition) is 1. The number of ether oxygens (including phenoxy) is 3. The van der Waals surface area contributed by atoms with Crippen molar-refractivity contribution in [3.63, 3.8) is 0 Å². The molecule has 0 aliphatic carbocycles. The minimum atomic E-state index is -3.92. The lowest BCUT2D eigenvalue weighted by Crippen LogP contribution is -2.14. The molecular formula is C20H20N2O6S2. The highest BCUT2D eigenvalue weighted by Crippen LogP contribution is 2.39. The molecule has 0 radical (unpaired) electrons. The molecule has 0 atom stereocenters. The van der Waals surface area contributed by atoms with Crippen molar-refractivity contribution in [1.82, 2.24) is 4.98 Å². The van der Waals surface area contributed by atoms with E-state index >= 15 is 0 Å². The molecule has 2 N–H and O–H groups in total. The first-order chi connectivity index (χ1) is 14.2. The van der Waals surface area contributed by atoms with Crippen LogP contribution in [0.3, 0.4) is 0 Å². The van der Waals surface area contributed by atoms with Crippen LogP contribution in [0.25, 0.3) is 10.6 Å². The number of carbonyl (C=O) groups excluding carboxylic acids is 1. The van der Waals surface area contributed by atoms with Gasteiger partial charge in [-0.2, -0.15) is 0 Å². The van der Waals surface area contributed by atoms with Crippen molar-refractivity contribution in [3.8, 4) is 22.1 Å². The van der Waals surface area contributed by atoms with Crippen molar-refractivity contribution < 1.29 is 27.4 Å². The van der Waals surface area contributed by atoms with Crippen LogP contribution in [0.15, 0.2) is 46.7 Å². The summed E-state index contributed by atoms with van der Waals surface area (Å²) >= 11 is 1.37. The van der Waals surface area contributed by atoms with Gasteiger partial charge in [0.15, 0.2) is 11.5 Å². The molecule has 0 unspecified atom stereocenters. The summed E-state index contributed by atoms with van der Waals surface area (Å²) in [6, 6.07) is 9.54. The summed E-state index contributed by atoms with van der Waals surface area (Å²) < 4.78 is 39.1. The van der Waals surface area contributed by atoms with Crippen molar-refractivity contribution in [1.29, 1.82) is 0 Å². The molecule has 1 aromatic heterocycles. The van der Waals surface area contributed by atoms with E-state index in [4.69, 9.17) is 19.3 Å². The molecule has 0 aliphatic heterocycles. The number of aromatic nitrogens is 1. The van der Waals surface area contributed by atoms with Crippen LogP contribution >= 0.6 is 11.3 Å². The summed E-state index contributed by atoms with van der Waals surface area (Å²) in [5, 5.41) is 7.59. The van der Waals surface area contributed by atoms with Gasteiger partial charge in [0.1, 0.15) is 11.6 Å². The number of para-hydroxylation sites is 1. The molecule has 0 amide bonds.